The molecule has 1 fully saturated rings. The van der Waals surface area contributed by atoms with Crippen LogP contribution in [0.4, 0.5) is 0 Å². The Hall–Kier alpha value is -1.00. The summed E-state index contributed by atoms with van der Waals surface area (Å²) >= 11 is 0. The lowest BCUT2D eigenvalue weighted by molar-refractivity contribution is 0.0168. The van der Waals surface area contributed by atoms with Crippen LogP contribution in [0.15, 0.2) is 18.7 Å². The molecule has 0 aromatic carbocycles. The van der Waals surface area contributed by atoms with Crippen molar-refractivity contribution in [2.24, 2.45) is 0 Å². The third kappa shape index (κ3) is 3.57. The fourth-order valence-corrected chi connectivity index (χ4v) is 1.77. The van der Waals surface area contributed by atoms with Crippen molar-refractivity contribution in [2.75, 3.05) is 13.2 Å². The van der Waals surface area contributed by atoms with E-state index in [9.17, 15) is 0 Å². The van der Waals surface area contributed by atoms with Crippen molar-refractivity contribution in [3.63, 3.8) is 0 Å². The molecule has 0 saturated carbocycles. The molecule has 82 valence electrons. The van der Waals surface area contributed by atoms with Crippen LogP contribution in [0.3, 0.4) is 0 Å². The summed E-state index contributed by atoms with van der Waals surface area (Å²) in [5.74, 6) is 0. The van der Waals surface area contributed by atoms with Crippen molar-refractivity contribution in [3.05, 3.63) is 24.3 Å². The Morgan fingerprint density at radius 1 is 1.33 bits per heavy atom. The van der Waals surface area contributed by atoms with E-state index >= 15 is 0 Å². The second kappa shape index (κ2) is 5.78. The lowest BCUT2D eigenvalue weighted by Crippen LogP contribution is -2.31. The van der Waals surface area contributed by atoms with E-state index in [0.29, 0.717) is 6.10 Å². The average molecular weight is 207 g/mol. The van der Waals surface area contributed by atoms with Crippen LogP contribution in [0.25, 0.3) is 0 Å². The number of hydrogen-bond acceptors (Lipinski definition) is 4. The molecule has 0 spiro atoms. The Labute approximate surface area is 90.1 Å². The van der Waals surface area contributed by atoms with Gasteiger partial charge < -0.3 is 10.1 Å². The monoisotopic (exact) mass is 207 g/mol. The van der Waals surface area contributed by atoms with Crippen molar-refractivity contribution in [2.45, 2.75) is 31.9 Å². The Kier molecular flexibility index (Phi) is 4.05. The van der Waals surface area contributed by atoms with Gasteiger partial charge in [0.05, 0.1) is 6.10 Å². The molecule has 0 amide bonds. The van der Waals surface area contributed by atoms with E-state index in [2.05, 4.69) is 15.3 Å². The third-order valence-corrected chi connectivity index (χ3v) is 2.59. The molecule has 4 heteroatoms. The number of aromatic nitrogens is 2. The molecular weight excluding hydrogens is 190 g/mol. The van der Waals surface area contributed by atoms with Crippen LogP contribution in [0.5, 0.6) is 0 Å². The van der Waals surface area contributed by atoms with Gasteiger partial charge in [-0.2, -0.15) is 0 Å². The highest BCUT2D eigenvalue weighted by molar-refractivity contribution is 5.01. The van der Waals surface area contributed by atoms with Crippen molar-refractivity contribution < 1.29 is 4.74 Å². The first-order chi connectivity index (χ1) is 7.45. The van der Waals surface area contributed by atoms with E-state index in [1.54, 1.807) is 6.33 Å². The zero-order valence-electron chi connectivity index (χ0n) is 8.85. The van der Waals surface area contributed by atoms with Gasteiger partial charge in [-0.05, 0) is 19.3 Å². The summed E-state index contributed by atoms with van der Waals surface area (Å²) in [5.41, 5.74) is 1.12. The molecule has 0 radical (unpaired) electrons. The Morgan fingerprint density at radius 2 is 2.20 bits per heavy atom. The highest BCUT2D eigenvalue weighted by Crippen LogP contribution is 2.11. The van der Waals surface area contributed by atoms with Crippen molar-refractivity contribution in [1.82, 2.24) is 15.3 Å². The van der Waals surface area contributed by atoms with Gasteiger partial charge in [-0.1, -0.05) is 0 Å². The van der Waals surface area contributed by atoms with E-state index < -0.39 is 0 Å². The van der Waals surface area contributed by atoms with Gasteiger partial charge in [0.2, 0.25) is 0 Å². The number of nitrogens with one attached hydrogen (secondary N) is 1. The lowest BCUT2D eigenvalue weighted by Gasteiger charge is -2.22. The molecule has 1 aromatic rings. The molecule has 4 nitrogen and oxygen atoms in total. The molecule has 1 aliphatic rings. The van der Waals surface area contributed by atoms with Crippen LogP contribution >= 0.6 is 0 Å². The first kappa shape index (κ1) is 10.5. The van der Waals surface area contributed by atoms with Crippen molar-refractivity contribution in [3.8, 4) is 0 Å². The van der Waals surface area contributed by atoms with Crippen LogP contribution < -0.4 is 5.32 Å². The Bertz CT molecular complexity index is 272. The van der Waals surface area contributed by atoms with E-state index in [4.69, 9.17) is 4.74 Å². The van der Waals surface area contributed by atoms with Gasteiger partial charge in [-0.25, -0.2) is 9.97 Å². The molecule has 1 saturated heterocycles. The lowest BCUT2D eigenvalue weighted by atomic mass is 10.1. The minimum atomic E-state index is 0.392. The molecule has 1 atom stereocenters. The minimum Gasteiger partial charge on any atom is -0.377 e. The molecule has 2 heterocycles. The zero-order chi connectivity index (χ0) is 10.3. The van der Waals surface area contributed by atoms with E-state index in [1.165, 1.54) is 19.3 Å². The van der Waals surface area contributed by atoms with Crippen LogP contribution in [0, 0.1) is 0 Å². The average Bonchev–Trinajstić information content (AvgIpc) is 2.32. The Balaban J connectivity index is 1.66. The number of nitrogens with zero attached hydrogens (tertiary/aromatic N) is 2. The van der Waals surface area contributed by atoms with Crippen LogP contribution in [0.1, 0.15) is 24.8 Å². The summed E-state index contributed by atoms with van der Waals surface area (Å²) in [5, 5.41) is 3.37. The summed E-state index contributed by atoms with van der Waals surface area (Å²) in [7, 11) is 0. The molecule has 1 aliphatic heterocycles. The third-order valence-electron chi connectivity index (χ3n) is 2.59. The molecule has 1 N–H and O–H groups in total. The van der Waals surface area contributed by atoms with Gasteiger partial charge in [-0.15, -0.1) is 0 Å². The van der Waals surface area contributed by atoms with Gasteiger partial charge in [-0.3, -0.25) is 0 Å². The minimum absolute atomic E-state index is 0.392. The zero-order valence-corrected chi connectivity index (χ0v) is 8.85. The highest BCUT2D eigenvalue weighted by atomic mass is 16.5. The largest absolute Gasteiger partial charge is 0.377 e. The van der Waals surface area contributed by atoms with Gasteiger partial charge in [0.25, 0.3) is 0 Å². The maximum Gasteiger partial charge on any atom is 0.115 e. The number of hydrogen-bond donors (Lipinski definition) is 1. The fraction of sp³-hybridized carbons (Fsp3) is 0.636. The molecular formula is C11H17N3O. The van der Waals surface area contributed by atoms with Gasteiger partial charge in [0.1, 0.15) is 6.33 Å². The predicted molar refractivity (Wildman–Crippen MR) is 57.3 cm³/mol. The molecule has 1 unspecified atom stereocenters. The second-order valence-corrected chi connectivity index (χ2v) is 3.87. The normalized spacial score (nSPS) is 21.5. The molecule has 1 aromatic heterocycles. The highest BCUT2D eigenvalue weighted by Gasteiger charge is 2.12. The molecule has 0 aliphatic carbocycles. The summed E-state index contributed by atoms with van der Waals surface area (Å²) in [6.07, 6.45) is 9.29. The Morgan fingerprint density at radius 3 is 2.93 bits per heavy atom. The maximum absolute atomic E-state index is 5.62. The fourth-order valence-electron chi connectivity index (χ4n) is 1.77. The van der Waals surface area contributed by atoms with E-state index in [-0.39, 0.29) is 0 Å². The summed E-state index contributed by atoms with van der Waals surface area (Å²) in [4.78, 5) is 7.94. The van der Waals surface area contributed by atoms with E-state index in [1.807, 2.05) is 12.4 Å². The smallest absolute Gasteiger partial charge is 0.115 e. The number of rotatable bonds is 4. The first-order valence-electron chi connectivity index (χ1n) is 5.51. The van der Waals surface area contributed by atoms with Crippen LogP contribution in [-0.2, 0) is 11.3 Å². The standard InChI is InChI=1S/C11H17N3O/c1-2-4-15-11(3-1)8-12-5-10-6-13-9-14-7-10/h6-7,9,11-12H,1-5,8H2. The molecule has 2 rings (SSSR count). The molecule has 0 bridgehead atoms. The van der Waals surface area contributed by atoms with Gasteiger partial charge in [0, 0.05) is 37.7 Å². The van der Waals surface area contributed by atoms with Crippen molar-refractivity contribution >= 4 is 0 Å². The van der Waals surface area contributed by atoms with Crippen molar-refractivity contribution in [1.29, 1.82) is 0 Å². The summed E-state index contributed by atoms with van der Waals surface area (Å²) in [6.45, 7) is 2.66. The SMILES string of the molecule is c1ncc(CNCC2CCCCO2)cn1. The summed E-state index contributed by atoms with van der Waals surface area (Å²) in [6, 6.07) is 0. The van der Waals surface area contributed by atoms with E-state index in [0.717, 1.165) is 25.3 Å². The summed E-state index contributed by atoms with van der Waals surface area (Å²) < 4.78 is 5.62. The molecule has 15 heavy (non-hydrogen) atoms. The van der Waals surface area contributed by atoms with Gasteiger partial charge in [0.15, 0.2) is 0 Å². The predicted octanol–water partition coefficient (Wildman–Crippen LogP) is 1.14. The quantitative estimate of drug-likeness (QED) is 0.804. The van der Waals surface area contributed by atoms with Crippen LogP contribution in [-0.4, -0.2) is 29.2 Å². The number of ether oxygens (including phenoxy) is 1. The van der Waals surface area contributed by atoms with Crippen LogP contribution in [0.2, 0.25) is 0 Å². The maximum atomic E-state index is 5.62. The first-order valence-corrected chi connectivity index (χ1v) is 5.51. The van der Waals surface area contributed by atoms with Gasteiger partial charge >= 0.3 is 0 Å². The second-order valence-electron chi connectivity index (χ2n) is 3.87. The topological polar surface area (TPSA) is 47.0 Å².